The number of rotatable bonds is 8. The maximum atomic E-state index is 13.4. The Balaban J connectivity index is 1.58. The number of fused-ring (bicyclic) bond motifs is 1. The molecule has 1 aliphatic heterocycles. The summed E-state index contributed by atoms with van der Waals surface area (Å²) in [6, 6.07) is 23.6. The smallest absolute Gasteiger partial charge is 0.338 e. The first-order valence-corrected chi connectivity index (χ1v) is 11.5. The lowest BCUT2D eigenvalue weighted by atomic mass is 10.1. The zero-order valence-electron chi connectivity index (χ0n) is 19.6. The van der Waals surface area contributed by atoms with Crippen molar-refractivity contribution in [3.05, 3.63) is 101 Å². The molecule has 3 aromatic rings. The lowest BCUT2D eigenvalue weighted by Gasteiger charge is -2.29. The minimum atomic E-state index is -1.04. The number of anilines is 1. The normalized spacial score (nSPS) is 15.3. The summed E-state index contributed by atoms with van der Waals surface area (Å²) in [5, 5.41) is 9.45. The van der Waals surface area contributed by atoms with Gasteiger partial charge in [-0.2, -0.15) is 0 Å². The Morgan fingerprint density at radius 1 is 0.971 bits per heavy atom. The molecular weight excluding hydrogens is 444 g/mol. The summed E-state index contributed by atoms with van der Waals surface area (Å²) >= 11 is 0. The molecule has 0 aliphatic carbocycles. The first-order valence-electron chi connectivity index (χ1n) is 11.5. The lowest BCUT2D eigenvalue weighted by molar-refractivity contribution is -0.142. The summed E-state index contributed by atoms with van der Waals surface area (Å²) in [5.41, 5.74) is 3.87. The van der Waals surface area contributed by atoms with E-state index in [1.807, 2.05) is 60.7 Å². The maximum absolute atomic E-state index is 13.4. The Kier molecular flexibility index (Phi) is 7.45. The maximum Gasteiger partial charge on any atom is 0.338 e. The summed E-state index contributed by atoms with van der Waals surface area (Å²) in [6.07, 6.45) is 0.335. The van der Waals surface area contributed by atoms with Crippen LogP contribution in [0.5, 0.6) is 0 Å². The third-order valence-corrected chi connectivity index (χ3v) is 6.21. The second-order valence-corrected chi connectivity index (χ2v) is 8.63. The van der Waals surface area contributed by atoms with Gasteiger partial charge < -0.3 is 19.6 Å². The highest BCUT2D eigenvalue weighted by molar-refractivity contribution is 5.93. The second kappa shape index (κ2) is 10.9. The number of carbonyl (C=O) groups is 3. The van der Waals surface area contributed by atoms with Crippen LogP contribution in [0.2, 0.25) is 0 Å². The molecule has 4 rings (SSSR count). The molecule has 1 N–H and O–H groups in total. The van der Waals surface area contributed by atoms with Crippen LogP contribution in [0.1, 0.15) is 33.5 Å². The average molecular weight is 473 g/mol. The van der Waals surface area contributed by atoms with Crippen molar-refractivity contribution in [2.75, 3.05) is 18.5 Å². The molecular formula is C28H28N2O5. The minimum Gasteiger partial charge on any atom is -0.481 e. The van der Waals surface area contributed by atoms with Gasteiger partial charge in [0.2, 0.25) is 5.91 Å². The summed E-state index contributed by atoms with van der Waals surface area (Å²) in [4.78, 5) is 41.1. The summed E-state index contributed by atoms with van der Waals surface area (Å²) in [5.74, 6) is -1.73. The number of aliphatic carboxylic acids is 1. The van der Waals surface area contributed by atoms with Crippen molar-refractivity contribution in [2.45, 2.75) is 32.0 Å². The van der Waals surface area contributed by atoms with E-state index in [9.17, 15) is 19.5 Å². The molecule has 0 saturated heterocycles. The van der Waals surface area contributed by atoms with Crippen molar-refractivity contribution in [2.24, 2.45) is 0 Å². The Hall–Kier alpha value is -4.13. The number of ether oxygens (including phenoxy) is 1. The molecule has 35 heavy (non-hydrogen) atoms. The fourth-order valence-electron chi connectivity index (χ4n) is 4.31. The van der Waals surface area contributed by atoms with Crippen LogP contribution in [0.3, 0.4) is 0 Å². The number of amides is 1. The number of hydrogen-bond acceptors (Lipinski definition) is 5. The molecule has 0 spiro atoms. The van der Waals surface area contributed by atoms with Crippen LogP contribution in [0.15, 0.2) is 78.9 Å². The van der Waals surface area contributed by atoms with Crippen LogP contribution in [0.4, 0.5) is 5.69 Å². The van der Waals surface area contributed by atoms with Gasteiger partial charge in [-0.05, 0) is 41.3 Å². The predicted molar refractivity (Wildman–Crippen MR) is 132 cm³/mol. The largest absolute Gasteiger partial charge is 0.481 e. The van der Waals surface area contributed by atoms with E-state index in [-0.39, 0.29) is 25.5 Å². The third kappa shape index (κ3) is 5.87. The molecule has 0 fully saturated rings. The summed E-state index contributed by atoms with van der Waals surface area (Å²) in [6.45, 7) is 0.884. The van der Waals surface area contributed by atoms with E-state index in [2.05, 4.69) is 0 Å². The number of carbonyl (C=O) groups excluding carboxylic acids is 2. The van der Waals surface area contributed by atoms with E-state index in [4.69, 9.17) is 4.74 Å². The molecule has 1 aliphatic rings. The van der Waals surface area contributed by atoms with Crippen LogP contribution in [0.25, 0.3) is 0 Å². The van der Waals surface area contributed by atoms with Crippen molar-refractivity contribution < 1.29 is 24.2 Å². The third-order valence-electron chi connectivity index (χ3n) is 6.21. The molecule has 1 heterocycles. The van der Waals surface area contributed by atoms with Crippen LogP contribution < -0.4 is 4.90 Å². The second-order valence-electron chi connectivity index (χ2n) is 8.63. The predicted octanol–water partition coefficient (Wildman–Crippen LogP) is 3.91. The van der Waals surface area contributed by atoms with Crippen molar-refractivity contribution in [3.63, 3.8) is 0 Å². The van der Waals surface area contributed by atoms with Gasteiger partial charge in [-0.25, -0.2) is 4.79 Å². The van der Waals surface area contributed by atoms with Gasteiger partial charge in [0.15, 0.2) is 0 Å². The summed E-state index contributed by atoms with van der Waals surface area (Å²) < 4.78 is 5.48. The highest BCUT2D eigenvalue weighted by Gasteiger charge is 2.34. The number of hydrogen-bond donors (Lipinski definition) is 1. The number of carboxylic acid groups (broad SMARTS) is 1. The van der Waals surface area contributed by atoms with Gasteiger partial charge >= 0.3 is 11.9 Å². The van der Waals surface area contributed by atoms with E-state index < -0.39 is 18.0 Å². The standard InChI is InChI=1S/C28H28N2O5/c1-29-24-13-12-22(28(34)35-19-21-10-6-3-7-11-21)16-23(24)18-30(27(33)25(29)17-26(31)32)15-14-20-8-4-2-5-9-20/h2-13,16,25H,14-15,17-19H2,1H3,(H,31,32)/t25-/m1/s1. The first-order chi connectivity index (χ1) is 16.9. The van der Waals surface area contributed by atoms with Gasteiger partial charge in [0.1, 0.15) is 12.6 Å². The fraction of sp³-hybridized carbons (Fsp3) is 0.250. The molecule has 7 heteroatoms. The van der Waals surface area contributed by atoms with Gasteiger partial charge in [0, 0.05) is 25.8 Å². The minimum absolute atomic E-state index is 0.166. The molecule has 0 bridgehead atoms. The Morgan fingerprint density at radius 2 is 1.63 bits per heavy atom. The topological polar surface area (TPSA) is 87.2 Å². The number of benzene rings is 3. The van der Waals surface area contributed by atoms with Crippen LogP contribution >= 0.6 is 0 Å². The van der Waals surface area contributed by atoms with Crippen LogP contribution in [0, 0.1) is 0 Å². The average Bonchev–Trinajstić information content (AvgIpc) is 2.97. The number of likely N-dealkylation sites (N-methyl/N-ethyl adjacent to an activating group) is 1. The SMILES string of the molecule is CN1c2ccc(C(=O)OCc3ccccc3)cc2CN(CCc2ccccc2)C(=O)[C@H]1CC(=O)O. The van der Waals surface area contributed by atoms with Crippen LogP contribution in [-0.2, 0) is 33.9 Å². The first kappa shape index (κ1) is 24.0. The number of carboxylic acids is 1. The van der Waals surface area contributed by atoms with Crippen molar-refractivity contribution >= 4 is 23.5 Å². The molecule has 1 amide bonds. The van der Waals surface area contributed by atoms with Crippen molar-refractivity contribution in [3.8, 4) is 0 Å². The fourth-order valence-corrected chi connectivity index (χ4v) is 4.31. The zero-order chi connectivity index (χ0) is 24.8. The summed E-state index contributed by atoms with van der Waals surface area (Å²) in [7, 11) is 1.72. The Morgan fingerprint density at radius 3 is 2.29 bits per heavy atom. The van der Waals surface area contributed by atoms with Crippen molar-refractivity contribution in [1.29, 1.82) is 0 Å². The Labute approximate surface area is 204 Å². The van der Waals surface area contributed by atoms with Crippen molar-refractivity contribution in [1.82, 2.24) is 4.90 Å². The highest BCUT2D eigenvalue weighted by Crippen LogP contribution is 2.30. The zero-order valence-corrected chi connectivity index (χ0v) is 19.6. The van der Waals surface area contributed by atoms with E-state index in [0.29, 0.717) is 18.5 Å². The molecule has 0 unspecified atom stereocenters. The lowest BCUT2D eigenvalue weighted by Crippen LogP contribution is -2.46. The van der Waals surface area contributed by atoms with Crippen LogP contribution in [-0.4, -0.2) is 47.5 Å². The van der Waals surface area contributed by atoms with E-state index >= 15 is 0 Å². The molecule has 0 saturated carbocycles. The molecule has 3 aromatic carbocycles. The van der Waals surface area contributed by atoms with E-state index in [1.165, 1.54) is 0 Å². The van der Waals surface area contributed by atoms with E-state index in [1.54, 1.807) is 35.0 Å². The molecule has 1 atom stereocenters. The highest BCUT2D eigenvalue weighted by atomic mass is 16.5. The van der Waals surface area contributed by atoms with Gasteiger partial charge in [0.25, 0.3) is 0 Å². The molecule has 7 nitrogen and oxygen atoms in total. The monoisotopic (exact) mass is 472 g/mol. The molecule has 180 valence electrons. The Bertz CT molecular complexity index is 1200. The quantitative estimate of drug-likeness (QED) is 0.501. The number of nitrogens with zero attached hydrogens (tertiary/aromatic N) is 2. The van der Waals surface area contributed by atoms with Gasteiger partial charge in [-0.3, -0.25) is 9.59 Å². The van der Waals surface area contributed by atoms with Gasteiger partial charge in [-0.1, -0.05) is 60.7 Å². The molecule has 0 aromatic heterocycles. The van der Waals surface area contributed by atoms with Gasteiger partial charge in [0.05, 0.1) is 12.0 Å². The van der Waals surface area contributed by atoms with Gasteiger partial charge in [-0.15, -0.1) is 0 Å². The molecule has 0 radical (unpaired) electrons. The van der Waals surface area contributed by atoms with E-state index in [0.717, 1.165) is 22.4 Å². The number of esters is 1.